The van der Waals surface area contributed by atoms with Gasteiger partial charge < -0.3 is 25.0 Å². The number of aryl methyl sites for hydroxylation is 1. The van der Waals surface area contributed by atoms with Gasteiger partial charge in [0.1, 0.15) is 18.2 Å². The molecule has 2 aliphatic heterocycles. The van der Waals surface area contributed by atoms with E-state index in [0.29, 0.717) is 30.3 Å². The van der Waals surface area contributed by atoms with Crippen LogP contribution in [0.1, 0.15) is 31.7 Å². The Morgan fingerprint density at radius 3 is 2.94 bits per heavy atom. The first-order valence-corrected chi connectivity index (χ1v) is 12.2. The Morgan fingerprint density at radius 2 is 2.15 bits per heavy atom. The van der Waals surface area contributed by atoms with Gasteiger partial charge in [0.25, 0.3) is 5.91 Å². The molecular weight excluding hydrogens is 440 g/mol. The average molecular weight is 469 g/mol. The Kier molecular flexibility index (Phi) is 6.11. The zero-order valence-corrected chi connectivity index (χ0v) is 19.4. The van der Waals surface area contributed by atoms with Gasteiger partial charge in [-0.25, -0.2) is 15.0 Å². The first-order valence-electron chi connectivity index (χ1n) is 11.4. The Hall–Kier alpha value is -2.85. The second-order valence-corrected chi connectivity index (χ2v) is 9.72. The smallest absolute Gasteiger partial charge is 0.251 e. The number of hydrogen-bond acceptors (Lipinski definition) is 8. The molecular formula is C23H28N6O3S. The lowest BCUT2D eigenvalue weighted by Crippen LogP contribution is -2.43. The number of nitrogens with two attached hydrogens (primary N) is 1. The van der Waals surface area contributed by atoms with Gasteiger partial charge >= 0.3 is 0 Å². The molecule has 0 aliphatic carbocycles. The minimum absolute atomic E-state index is 0.181. The summed E-state index contributed by atoms with van der Waals surface area (Å²) in [6.45, 7) is 4.40. The van der Waals surface area contributed by atoms with Gasteiger partial charge in [-0.2, -0.15) is 0 Å². The van der Waals surface area contributed by atoms with Crippen LogP contribution < -0.4 is 10.5 Å². The molecule has 1 amide bonds. The molecule has 4 heterocycles. The van der Waals surface area contributed by atoms with Crippen molar-refractivity contribution in [2.45, 2.75) is 55.3 Å². The van der Waals surface area contributed by atoms with Crippen molar-refractivity contribution in [2.24, 2.45) is 5.92 Å². The molecule has 0 radical (unpaired) electrons. The number of imidazole rings is 1. The number of hydrogen-bond donors (Lipinski definition) is 2. The second kappa shape index (κ2) is 9.18. The molecule has 10 heteroatoms. The van der Waals surface area contributed by atoms with Crippen LogP contribution in [-0.4, -0.2) is 61.2 Å². The minimum Gasteiger partial charge on any atom is -0.493 e. The number of likely N-dealkylation sites (tertiary alicyclic amines) is 1. The molecule has 9 nitrogen and oxygen atoms in total. The summed E-state index contributed by atoms with van der Waals surface area (Å²) in [6, 6.07) is 6.25. The highest BCUT2D eigenvalue weighted by molar-refractivity contribution is 7.99. The molecule has 1 atom stereocenters. The van der Waals surface area contributed by atoms with Crippen molar-refractivity contribution in [3.05, 3.63) is 30.1 Å². The van der Waals surface area contributed by atoms with Crippen molar-refractivity contribution >= 4 is 34.7 Å². The molecule has 3 aromatic rings. The van der Waals surface area contributed by atoms with Gasteiger partial charge in [-0.05, 0) is 55.9 Å². The van der Waals surface area contributed by atoms with E-state index in [2.05, 4.69) is 26.7 Å². The van der Waals surface area contributed by atoms with Gasteiger partial charge in [-0.15, -0.1) is 0 Å². The van der Waals surface area contributed by atoms with Crippen LogP contribution in [0.2, 0.25) is 0 Å². The summed E-state index contributed by atoms with van der Waals surface area (Å²) < 4.78 is 7.76. The molecule has 1 fully saturated rings. The summed E-state index contributed by atoms with van der Waals surface area (Å²) in [5, 5.41) is 10.4. The van der Waals surface area contributed by atoms with Crippen molar-refractivity contribution < 1.29 is 14.6 Å². The normalized spacial score (nSPS) is 17.2. The topological polar surface area (TPSA) is 119 Å². The number of amides is 1. The molecule has 33 heavy (non-hydrogen) atoms. The standard InChI is InChI=1S/C23H28N6O3S/c1-14(30)22(31)28-8-4-15(5-9-28)6-10-29-21-19(20(24)25-13-26-21)27-23(29)33-17-2-3-18-16(12-17)7-11-32-18/h2-3,12-15,30H,4-11H2,1H3,(H2,24,25,26). The number of fused-ring (bicyclic) bond motifs is 2. The van der Waals surface area contributed by atoms with Gasteiger partial charge in [-0.1, -0.05) is 11.8 Å². The highest BCUT2D eigenvalue weighted by Crippen LogP contribution is 2.35. The summed E-state index contributed by atoms with van der Waals surface area (Å²) in [5.74, 6) is 1.66. The summed E-state index contributed by atoms with van der Waals surface area (Å²) in [4.78, 5) is 28.3. The lowest BCUT2D eigenvalue weighted by Gasteiger charge is -2.32. The van der Waals surface area contributed by atoms with Crippen LogP contribution in [-0.2, 0) is 17.8 Å². The number of carbonyl (C=O) groups excluding carboxylic acids is 1. The van der Waals surface area contributed by atoms with Crippen LogP contribution in [0.5, 0.6) is 5.75 Å². The van der Waals surface area contributed by atoms with E-state index in [0.717, 1.165) is 60.3 Å². The Labute approximate surface area is 196 Å². The van der Waals surface area contributed by atoms with Crippen LogP contribution >= 0.6 is 11.8 Å². The highest BCUT2D eigenvalue weighted by Gasteiger charge is 2.26. The van der Waals surface area contributed by atoms with Crippen LogP contribution in [0.25, 0.3) is 11.2 Å². The molecule has 0 saturated carbocycles. The Morgan fingerprint density at radius 1 is 1.33 bits per heavy atom. The molecule has 174 valence electrons. The van der Waals surface area contributed by atoms with Crippen LogP contribution in [0.4, 0.5) is 5.82 Å². The summed E-state index contributed by atoms with van der Waals surface area (Å²) in [7, 11) is 0. The van der Waals surface area contributed by atoms with Crippen molar-refractivity contribution in [1.82, 2.24) is 24.4 Å². The van der Waals surface area contributed by atoms with Gasteiger partial charge in [0.05, 0.1) is 6.61 Å². The van der Waals surface area contributed by atoms with E-state index in [9.17, 15) is 9.90 Å². The predicted octanol–water partition coefficient (Wildman–Crippen LogP) is 2.50. The number of nitrogen functional groups attached to an aromatic ring is 1. The van der Waals surface area contributed by atoms with E-state index in [-0.39, 0.29) is 5.91 Å². The number of aromatic nitrogens is 4. The van der Waals surface area contributed by atoms with Gasteiger partial charge in [0.15, 0.2) is 22.1 Å². The van der Waals surface area contributed by atoms with E-state index < -0.39 is 6.10 Å². The number of carbonyl (C=O) groups is 1. The van der Waals surface area contributed by atoms with Crippen LogP contribution in [0.15, 0.2) is 34.6 Å². The number of ether oxygens (including phenoxy) is 1. The molecule has 3 N–H and O–H groups in total. The summed E-state index contributed by atoms with van der Waals surface area (Å²) >= 11 is 1.60. The fraction of sp³-hybridized carbons (Fsp3) is 0.478. The third-order valence-electron chi connectivity index (χ3n) is 6.44. The molecule has 0 spiro atoms. The first-order chi connectivity index (χ1) is 16.0. The molecule has 5 rings (SSSR count). The molecule has 0 bridgehead atoms. The number of anilines is 1. The third kappa shape index (κ3) is 4.49. The maximum absolute atomic E-state index is 12.0. The van der Waals surface area contributed by atoms with Gasteiger partial charge in [0, 0.05) is 31.0 Å². The van der Waals surface area contributed by atoms with Gasteiger partial charge in [-0.3, -0.25) is 4.79 Å². The third-order valence-corrected chi connectivity index (χ3v) is 7.42. The maximum atomic E-state index is 12.0. The number of benzene rings is 1. The molecule has 2 aliphatic rings. The number of aliphatic hydroxyl groups excluding tert-OH is 1. The first kappa shape index (κ1) is 22.0. The Balaban J connectivity index is 1.33. The summed E-state index contributed by atoms with van der Waals surface area (Å²) in [5.41, 5.74) is 8.70. The van der Waals surface area contributed by atoms with Crippen molar-refractivity contribution in [3.8, 4) is 5.75 Å². The lowest BCUT2D eigenvalue weighted by atomic mass is 9.93. The average Bonchev–Trinajstić information content (AvgIpc) is 3.42. The van der Waals surface area contributed by atoms with E-state index in [1.165, 1.54) is 18.8 Å². The maximum Gasteiger partial charge on any atom is 0.251 e. The number of rotatable bonds is 6. The largest absolute Gasteiger partial charge is 0.493 e. The monoisotopic (exact) mass is 468 g/mol. The van der Waals surface area contributed by atoms with E-state index in [1.54, 1.807) is 16.7 Å². The zero-order valence-electron chi connectivity index (χ0n) is 18.6. The molecule has 1 saturated heterocycles. The van der Waals surface area contributed by atoms with Gasteiger partial charge in [0.2, 0.25) is 0 Å². The zero-order chi connectivity index (χ0) is 22.9. The van der Waals surface area contributed by atoms with E-state index in [1.807, 2.05) is 6.07 Å². The lowest BCUT2D eigenvalue weighted by molar-refractivity contribution is -0.140. The fourth-order valence-corrected chi connectivity index (χ4v) is 5.54. The van der Waals surface area contributed by atoms with Crippen molar-refractivity contribution in [2.75, 3.05) is 25.4 Å². The predicted molar refractivity (Wildman–Crippen MR) is 125 cm³/mol. The second-order valence-electron chi connectivity index (χ2n) is 8.68. The molecule has 1 unspecified atom stereocenters. The van der Waals surface area contributed by atoms with Crippen LogP contribution in [0, 0.1) is 5.92 Å². The van der Waals surface area contributed by atoms with Crippen molar-refractivity contribution in [1.29, 1.82) is 0 Å². The molecule has 2 aromatic heterocycles. The minimum atomic E-state index is -0.936. The fourth-order valence-electron chi connectivity index (χ4n) is 4.56. The number of aliphatic hydroxyl groups is 1. The number of nitrogens with zero attached hydrogens (tertiary/aromatic N) is 5. The van der Waals surface area contributed by atoms with E-state index >= 15 is 0 Å². The van der Waals surface area contributed by atoms with E-state index in [4.69, 9.17) is 15.5 Å². The van der Waals surface area contributed by atoms with Crippen molar-refractivity contribution in [3.63, 3.8) is 0 Å². The highest BCUT2D eigenvalue weighted by atomic mass is 32.2. The SMILES string of the molecule is CC(O)C(=O)N1CCC(CCn2c(Sc3ccc4c(c3)CCO4)nc3c(N)ncnc32)CC1. The van der Waals surface area contributed by atoms with Crippen LogP contribution in [0.3, 0.4) is 0 Å². The summed E-state index contributed by atoms with van der Waals surface area (Å²) in [6.07, 6.45) is 4.28. The number of piperidine rings is 1. The quantitative estimate of drug-likeness (QED) is 0.566. The Bertz CT molecular complexity index is 1170. The molecule has 1 aromatic carbocycles.